The Morgan fingerprint density at radius 1 is 1.06 bits per heavy atom. The third-order valence-corrected chi connectivity index (χ3v) is 7.03. The minimum absolute atomic E-state index is 0.105. The quantitative estimate of drug-likeness (QED) is 0.414. The highest BCUT2D eigenvalue weighted by molar-refractivity contribution is 14.1. The molecule has 0 radical (unpaired) electrons. The van der Waals surface area contributed by atoms with Gasteiger partial charge in [0.05, 0.1) is 17.0 Å². The first-order chi connectivity index (χ1) is 14.6. The molecule has 0 unspecified atom stereocenters. The fourth-order valence-electron chi connectivity index (χ4n) is 3.49. The summed E-state index contributed by atoms with van der Waals surface area (Å²) in [6, 6.07) is 11.1. The fourth-order valence-corrected chi connectivity index (χ4v) is 5.33. The summed E-state index contributed by atoms with van der Waals surface area (Å²) in [4.78, 5) is 12.7. The lowest BCUT2D eigenvalue weighted by molar-refractivity contribution is -0.140. The molecule has 3 rings (SSSR count). The second-order valence-electron chi connectivity index (χ2n) is 7.16. The van der Waals surface area contributed by atoms with Gasteiger partial charge in [-0.25, -0.2) is 13.1 Å². The Hall–Kier alpha value is -1.70. The molecular formula is C20H21F3IN3O3S. The summed E-state index contributed by atoms with van der Waals surface area (Å²) in [5.41, 5.74) is -0.368. The lowest BCUT2D eigenvalue weighted by atomic mass is 10.0. The molecule has 11 heteroatoms. The maximum Gasteiger partial charge on any atom is 0.417 e. The number of sulfonamides is 1. The van der Waals surface area contributed by atoms with Crippen LogP contribution >= 0.6 is 22.9 Å². The molecule has 0 aromatic heterocycles. The van der Waals surface area contributed by atoms with Gasteiger partial charge in [-0.15, -0.1) is 0 Å². The Morgan fingerprint density at radius 3 is 2.29 bits per heavy atom. The highest BCUT2D eigenvalue weighted by Gasteiger charge is 2.38. The topological polar surface area (TPSA) is 78.5 Å². The molecule has 1 heterocycles. The number of hydrogen-bond acceptors (Lipinski definition) is 4. The van der Waals surface area contributed by atoms with Gasteiger partial charge in [-0.3, -0.25) is 8.32 Å². The molecule has 0 spiro atoms. The number of likely N-dealkylation sites (tertiary alicyclic amines) is 1. The first-order valence-electron chi connectivity index (χ1n) is 9.52. The van der Waals surface area contributed by atoms with E-state index in [1.807, 2.05) is 22.9 Å². The Labute approximate surface area is 192 Å². The van der Waals surface area contributed by atoms with Crippen LogP contribution in [-0.2, 0) is 21.0 Å². The Morgan fingerprint density at radius 2 is 1.71 bits per heavy atom. The van der Waals surface area contributed by atoms with Crippen LogP contribution in [0.1, 0.15) is 18.4 Å². The summed E-state index contributed by atoms with van der Waals surface area (Å²) in [5.74, 6) is -0.105. The lowest BCUT2D eigenvalue weighted by Gasteiger charge is -2.32. The van der Waals surface area contributed by atoms with Crippen molar-refractivity contribution in [1.29, 1.82) is 0 Å². The predicted molar refractivity (Wildman–Crippen MR) is 119 cm³/mol. The van der Waals surface area contributed by atoms with Crippen LogP contribution in [0, 0.1) is 0 Å². The number of alkyl halides is 3. The van der Waals surface area contributed by atoms with Gasteiger partial charge >= 0.3 is 6.18 Å². The largest absolute Gasteiger partial charge is 0.417 e. The van der Waals surface area contributed by atoms with Gasteiger partial charge in [-0.1, -0.05) is 36.4 Å². The predicted octanol–water partition coefficient (Wildman–Crippen LogP) is 3.58. The van der Waals surface area contributed by atoms with Crippen LogP contribution in [0.3, 0.4) is 0 Å². The number of rotatable bonds is 6. The third-order valence-electron chi connectivity index (χ3n) is 5.07. The first kappa shape index (κ1) is 24.0. The number of amides is 1. The van der Waals surface area contributed by atoms with E-state index < -0.39 is 32.7 Å². The van der Waals surface area contributed by atoms with Crippen molar-refractivity contribution in [2.75, 3.05) is 19.6 Å². The molecule has 168 valence electrons. The number of nitrogens with one attached hydrogen (secondary N) is 2. The molecule has 0 atom stereocenters. The van der Waals surface area contributed by atoms with E-state index in [1.165, 1.54) is 6.07 Å². The minimum atomic E-state index is -4.84. The molecule has 1 saturated heterocycles. The lowest BCUT2D eigenvalue weighted by Crippen LogP contribution is -2.48. The summed E-state index contributed by atoms with van der Waals surface area (Å²) in [6.45, 7) is 0.840. The number of benzene rings is 2. The zero-order chi connectivity index (χ0) is 22.6. The van der Waals surface area contributed by atoms with Crippen molar-refractivity contribution in [3.8, 4) is 11.1 Å². The van der Waals surface area contributed by atoms with Gasteiger partial charge in [-0.2, -0.15) is 13.2 Å². The van der Waals surface area contributed by atoms with E-state index in [-0.39, 0.29) is 18.0 Å². The molecule has 2 N–H and O–H groups in total. The zero-order valence-corrected chi connectivity index (χ0v) is 19.3. The Balaban J connectivity index is 1.82. The number of nitrogens with zero attached hydrogens (tertiary/aromatic N) is 1. The molecule has 2 aromatic rings. The van der Waals surface area contributed by atoms with Crippen molar-refractivity contribution in [1.82, 2.24) is 13.2 Å². The van der Waals surface area contributed by atoms with Crippen LogP contribution in [0.5, 0.6) is 0 Å². The van der Waals surface area contributed by atoms with Gasteiger partial charge in [0.15, 0.2) is 0 Å². The van der Waals surface area contributed by atoms with Crippen molar-refractivity contribution in [3.05, 3.63) is 54.1 Å². The van der Waals surface area contributed by atoms with Crippen LogP contribution in [0.15, 0.2) is 53.4 Å². The van der Waals surface area contributed by atoms with Gasteiger partial charge in [0.2, 0.25) is 15.9 Å². The molecule has 1 amide bonds. The van der Waals surface area contributed by atoms with Crippen molar-refractivity contribution in [3.63, 3.8) is 0 Å². The standard InChI is InChI=1S/C20H21F3IN3O3S/c21-20(22,23)17-12-15(14-4-2-1-3-5-14)6-7-18(17)31(29,30)26-16-8-10-27(11-9-16)19(28)13-25-24/h1-7,12,16,25-26H,8-11,13H2. The number of hydrogen-bond donors (Lipinski definition) is 2. The molecule has 2 aromatic carbocycles. The minimum Gasteiger partial charge on any atom is -0.341 e. The van der Waals surface area contributed by atoms with Gasteiger partial charge in [0.25, 0.3) is 0 Å². The molecule has 1 aliphatic rings. The van der Waals surface area contributed by atoms with Gasteiger partial charge in [0, 0.05) is 42.0 Å². The average Bonchev–Trinajstić information content (AvgIpc) is 2.74. The smallest absolute Gasteiger partial charge is 0.341 e. The van der Waals surface area contributed by atoms with Crippen molar-refractivity contribution in [2.45, 2.75) is 30.0 Å². The second-order valence-corrected chi connectivity index (χ2v) is 9.61. The van der Waals surface area contributed by atoms with E-state index in [1.54, 1.807) is 35.2 Å². The van der Waals surface area contributed by atoms with E-state index in [0.717, 1.165) is 12.1 Å². The Bertz CT molecular complexity index is 1020. The van der Waals surface area contributed by atoms with E-state index in [2.05, 4.69) is 8.25 Å². The molecule has 0 bridgehead atoms. The van der Waals surface area contributed by atoms with Gasteiger partial charge in [-0.05, 0) is 36.1 Å². The molecule has 31 heavy (non-hydrogen) atoms. The maximum atomic E-state index is 13.7. The average molecular weight is 567 g/mol. The molecule has 0 saturated carbocycles. The summed E-state index contributed by atoms with van der Waals surface area (Å²) < 4.78 is 72.0. The summed E-state index contributed by atoms with van der Waals surface area (Å²) in [6.07, 6.45) is -4.18. The summed E-state index contributed by atoms with van der Waals surface area (Å²) in [7, 11) is -4.41. The number of halogens is 4. The second kappa shape index (κ2) is 9.84. The highest BCUT2D eigenvalue weighted by atomic mass is 127. The molecule has 6 nitrogen and oxygen atoms in total. The molecule has 0 aliphatic carbocycles. The van der Waals surface area contributed by atoms with Crippen molar-refractivity contribution >= 4 is 38.8 Å². The summed E-state index contributed by atoms with van der Waals surface area (Å²) in [5, 5.41) is 0. The first-order valence-corrected chi connectivity index (χ1v) is 12.1. The molecular weight excluding hydrogens is 546 g/mol. The van der Waals surface area contributed by atoms with Gasteiger partial charge < -0.3 is 4.90 Å². The van der Waals surface area contributed by atoms with E-state index >= 15 is 0 Å². The number of piperidine rings is 1. The van der Waals surface area contributed by atoms with E-state index in [9.17, 15) is 26.4 Å². The maximum absolute atomic E-state index is 13.7. The van der Waals surface area contributed by atoms with Crippen molar-refractivity contribution in [2.24, 2.45) is 0 Å². The van der Waals surface area contributed by atoms with Crippen molar-refractivity contribution < 1.29 is 26.4 Å². The third kappa shape index (κ3) is 5.96. The highest BCUT2D eigenvalue weighted by Crippen LogP contribution is 2.37. The van der Waals surface area contributed by atoms with Crippen LogP contribution in [0.4, 0.5) is 13.2 Å². The SMILES string of the molecule is O=C(CNI)N1CCC(NS(=O)(=O)c2ccc(-c3ccccc3)cc2C(F)(F)F)CC1. The van der Waals surface area contributed by atoms with Crippen LogP contribution < -0.4 is 8.25 Å². The zero-order valence-electron chi connectivity index (χ0n) is 16.3. The van der Waals surface area contributed by atoms with E-state index in [0.29, 0.717) is 31.5 Å². The summed E-state index contributed by atoms with van der Waals surface area (Å²) >= 11 is 1.86. The number of carbonyl (C=O) groups is 1. The Kier molecular flexibility index (Phi) is 7.60. The van der Waals surface area contributed by atoms with Crippen LogP contribution in [-0.4, -0.2) is 44.9 Å². The normalized spacial score (nSPS) is 15.8. The number of carbonyl (C=O) groups excluding carboxylic acids is 1. The van der Waals surface area contributed by atoms with E-state index in [4.69, 9.17) is 0 Å². The molecule has 1 aliphatic heterocycles. The van der Waals surface area contributed by atoms with Gasteiger partial charge in [0.1, 0.15) is 0 Å². The monoisotopic (exact) mass is 567 g/mol. The fraction of sp³-hybridized carbons (Fsp3) is 0.350. The van der Waals surface area contributed by atoms with Crippen LogP contribution in [0.2, 0.25) is 0 Å². The van der Waals surface area contributed by atoms with Crippen LogP contribution in [0.25, 0.3) is 11.1 Å². The molecule has 1 fully saturated rings.